The van der Waals surface area contributed by atoms with Crippen LogP contribution >= 0.6 is 0 Å². The Kier molecular flexibility index (Phi) is 5.10. The van der Waals surface area contributed by atoms with E-state index in [1.807, 2.05) is 30.4 Å². The lowest BCUT2D eigenvalue weighted by atomic mass is 10.0. The van der Waals surface area contributed by atoms with E-state index in [1.54, 1.807) is 6.20 Å². The van der Waals surface area contributed by atoms with Gasteiger partial charge < -0.3 is 4.90 Å². The van der Waals surface area contributed by atoms with Crippen LogP contribution < -0.4 is 10.5 Å². The van der Waals surface area contributed by atoms with Crippen LogP contribution in [-0.4, -0.2) is 21.0 Å². The van der Waals surface area contributed by atoms with Crippen molar-refractivity contribution in [2.24, 2.45) is 0 Å². The van der Waals surface area contributed by atoms with Crippen LogP contribution in [0.15, 0.2) is 65.6 Å². The molecule has 1 atom stereocenters. The average Bonchev–Trinajstić information content (AvgIpc) is 3.13. The number of nitrogens with zero attached hydrogens (tertiary/aromatic N) is 3. The maximum Gasteiger partial charge on any atom is 0.262 e. The Morgan fingerprint density at radius 3 is 2.62 bits per heavy atom. The molecule has 0 bridgehead atoms. The SMILES string of the molecule is CC(C)c1ccc(/C=C/c2ccnc3nc(N4c5ccccc5C[C@H]4C)[nH]c(=O)c23)cc1. The zero-order valence-electron chi connectivity index (χ0n) is 18.5. The van der Waals surface area contributed by atoms with Gasteiger partial charge in [0, 0.05) is 17.9 Å². The summed E-state index contributed by atoms with van der Waals surface area (Å²) in [4.78, 5) is 27.4. The smallest absolute Gasteiger partial charge is 0.262 e. The van der Waals surface area contributed by atoms with Crippen molar-refractivity contribution in [3.05, 3.63) is 93.4 Å². The van der Waals surface area contributed by atoms with E-state index in [-0.39, 0.29) is 11.6 Å². The molecule has 3 heterocycles. The first-order valence-corrected chi connectivity index (χ1v) is 11.1. The monoisotopic (exact) mass is 422 g/mol. The van der Waals surface area contributed by atoms with Crippen LogP contribution in [0.4, 0.5) is 11.6 Å². The second-order valence-corrected chi connectivity index (χ2v) is 8.69. The standard InChI is InChI=1S/C27H26N4O/c1-17(2)20-11-8-19(9-12-20)10-13-21-14-15-28-25-24(21)26(32)30-27(29-25)31-18(3)16-22-6-4-5-7-23(22)31/h4-15,17-18H,16H2,1-3H3,(H,28,29,30,32)/b13-10+/t18-/m1/s1. The van der Waals surface area contributed by atoms with Gasteiger partial charge in [-0.25, -0.2) is 4.98 Å². The molecule has 0 spiro atoms. The van der Waals surface area contributed by atoms with E-state index >= 15 is 0 Å². The molecular weight excluding hydrogens is 396 g/mol. The molecule has 0 saturated heterocycles. The summed E-state index contributed by atoms with van der Waals surface area (Å²) in [6.45, 7) is 6.51. The highest BCUT2D eigenvalue weighted by Gasteiger charge is 2.29. The third-order valence-corrected chi connectivity index (χ3v) is 6.12. The molecule has 0 unspecified atom stereocenters. The third kappa shape index (κ3) is 3.60. The second kappa shape index (κ2) is 8.08. The largest absolute Gasteiger partial charge is 0.309 e. The Hall–Kier alpha value is -3.73. The topological polar surface area (TPSA) is 61.9 Å². The van der Waals surface area contributed by atoms with E-state index in [2.05, 4.69) is 72.0 Å². The zero-order chi connectivity index (χ0) is 22.2. The minimum atomic E-state index is -0.176. The van der Waals surface area contributed by atoms with Crippen molar-refractivity contribution in [2.75, 3.05) is 4.90 Å². The van der Waals surface area contributed by atoms with Crippen LogP contribution in [0.1, 0.15) is 48.9 Å². The van der Waals surface area contributed by atoms with Crippen LogP contribution in [0, 0.1) is 0 Å². The summed E-state index contributed by atoms with van der Waals surface area (Å²) in [7, 11) is 0. The quantitative estimate of drug-likeness (QED) is 0.459. The molecule has 0 aliphatic carbocycles. The molecule has 1 N–H and O–H groups in total. The van der Waals surface area contributed by atoms with Crippen molar-refractivity contribution in [2.45, 2.75) is 39.2 Å². The van der Waals surface area contributed by atoms with Gasteiger partial charge in [0.1, 0.15) is 0 Å². The number of benzene rings is 2. The first-order chi connectivity index (χ1) is 15.5. The van der Waals surface area contributed by atoms with Crippen LogP contribution in [0.5, 0.6) is 0 Å². The molecule has 0 amide bonds. The molecule has 0 saturated carbocycles. The summed E-state index contributed by atoms with van der Waals surface area (Å²) in [5.41, 5.74) is 5.82. The van der Waals surface area contributed by atoms with Crippen LogP contribution in [-0.2, 0) is 6.42 Å². The lowest BCUT2D eigenvalue weighted by Crippen LogP contribution is -2.28. The number of fused-ring (bicyclic) bond motifs is 2. The number of H-pyrrole nitrogens is 1. The normalized spacial score (nSPS) is 15.8. The summed E-state index contributed by atoms with van der Waals surface area (Å²) in [5.74, 6) is 1.04. The third-order valence-electron chi connectivity index (χ3n) is 6.12. The van der Waals surface area contributed by atoms with Gasteiger partial charge >= 0.3 is 0 Å². The predicted octanol–water partition coefficient (Wildman–Crippen LogP) is 5.69. The molecule has 2 aromatic carbocycles. The van der Waals surface area contributed by atoms with Crippen molar-refractivity contribution in [3.63, 3.8) is 0 Å². The fourth-order valence-electron chi connectivity index (χ4n) is 4.39. The zero-order valence-corrected chi connectivity index (χ0v) is 18.5. The lowest BCUT2D eigenvalue weighted by molar-refractivity contribution is 0.740. The number of hydrogen-bond acceptors (Lipinski definition) is 4. The van der Waals surface area contributed by atoms with Crippen molar-refractivity contribution >= 4 is 34.8 Å². The number of nitrogens with one attached hydrogen (secondary N) is 1. The number of anilines is 2. The maximum absolute atomic E-state index is 13.1. The first kappa shape index (κ1) is 20.2. The molecule has 5 rings (SSSR count). The first-order valence-electron chi connectivity index (χ1n) is 11.1. The molecule has 0 radical (unpaired) electrons. The molecule has 1 aliphatic rings. The number of aromatic nitrogens is 3. The van der Waals surface area contributed by atoms with E-state index < -0.39 is 0 Å². The number of hydrogen-bond donors (Lipinski definition) is 1. The Morgan fingerprint density at radius 1 is 1.06 bits per heavy atom. The van der Waals surface area contributed by atoms with Crippen molar-refractivity contribution < 1.29 is 0 Å². The van der Waals surface area contributed by atoms with Gasteiger partial charge in [-0.05, 0) is 53.6 Å². The fourth-order valence-corrected chi connectivity index (χ4v) is 4.39. The number of pyridine rings is 1. The van der Waals surface area contributed by atoms with E-state index in [1.165, 1.54) is 11.1 Å². The van der Waals surface area contributed by atoms with E-state index in [9.17, 15) is 4.79 Å². The summed E-state index contributed by atoms with van der Waals surface area (Å²) in [6, 6.07) is 18.8. The molecular formula is C27H26N4O. The summed E-state index contributed by atoms with van der Waals surface area (Å²) in [6.07, 6.45) is 6.61. The van der Waals surface area contributed by atoms with Crippen LogP contribution in [0.2, 0.25) is 0 Å². The Labute approximate surface area is 187 Å². The fraction of sp³-hybridized carbons (Fsp3) is 0.222. The molecule has 4 aromatic rings. The average molecular weight is 423 g/mol. The number of para-hydroxylation sites is 1. The highest BCUT2D eigenvalue weighted by atomic mass is 16.1. The van der Waals surface area contributed by atoms with Gasteiger partial charge in [0.15, 0.2) is 5.65 Å². The van der Waals surface area contributed by atoms with Crippen molar-refractivity contribution in [1.82, 2.24) is 15.0 Å². The van der Waals surface area contributed by atoms with E-state index in [4.69, 9.17) is 4.98 Å². The molecule has 5 heteroatoms. The van der Waals surface area contributed by atoms with Gasteiger partial charge in [0.25, 0.3) is 5.56 Å². The van der Waals surface area contributed by atoms with Crippen molar-refractivity contribution in [1.29, 1.82) is 0 Å². The van der Waals surface area contributed by atoms with Crippen molar-refractivity contribution in [3.8, 4) is 0 Å². The van der Waals surface area contributed by atoms with Crippen LogP contribution in [0.3, 0.4) is 0 Å². The van der Waals surface area contributed by atoms with Gasteiger partial charge in [0.05, 0.1) is 5.39 Å². The molecule has 0 fully saturated rings. The summed E-state index contributed by atoms with van der Waals surface area (Å²) in [5, 5.41) is 0.506. The highest BCUT2D eigenvalue weighted by molar-refractivity contribution is 5.88. The second-order valence-electron chi connectivity index (χ2n) is 8.69. The lowest BCUT2D eigenvalue weighted by Gasteiger charge is -2.23. The Bertz CT molecular complexity index is 1370. The predicted molar refractivity (Wildman–Crippen MR) is 131 cm³/mol. The van der Waals surface area contributed by atoms with Gasteiger partial charge in [-0.1, -0.05) is 68.5 Å². The highest BCUT2D eigenvalue weighted by Crippen LogP contribution is 2.36. The number of rotatable bonds is 4. The minimum absolute atomic E-state index is 0.176. The Balaban J connectivity index is 1.53. The maximum atomic E-state index is 13.1. The van der Waals surface area contributed by atoms with Crippen LogP contribution in [0.25, 0.3) is 23.2 Å². The summed E-state index contributed by atoms with van der Waals surface area (Å²) >= 11 is 0. The van der Waals surface area contributed by atoms with Gasteiger partial charge in [-0.15, -0.1) is 0 Å². The molecule has 160 valence electrons. The number of aromatic amines is 1. The molecule has 2 aromatic heterocycles. The molecule has 32 heavy (non-hydrogen) atoms. The van der Waals surface area contributed by atoms with E-state index in [0.717, 1.165) is 23.2 Å². The molecule has 5 nitrogen and oxygen atoms in total. The molecule has 1 aliphatic heterocycles. The van der Waals surface area contributed by atoms with Gasteiger partial charge in [-0.2, -0.15) is 4.98 Å². The van der Waals surface area contributed by atoms with Gasteiger partial charge in [-0.3, -0.25) is 9.78 Å². The minimum Gasteiger partial charge on any atom is -0.309 e. The summed E-state index contributed by atoms with van der Waals surface area (Å²) < 4.78 is 0. The Morgan fingerprint density at radius 2 is 1.84 bits per heavy atom. The van der Waals surface area contributed by atoms with Gasteiger partial charge in [0.2, 0.25) is 5.95 Å². The van der Waals surface area contributed by atoms with E-state index in [0.29, 0.717) is 22.9 Å².